The molecule has 0 heterocycles. The molecule has 0 aliphatic carbocycles. The number of hydrogen-bond acceptors (Lipinski definition) is 8. The van der Waals surface area contributed by atoms with Gasteiger partial charge in [-0.25, -0.2) is 0 Å². The normalized spacial score (nSPS) is 13.8. The van der Waals surface area contributed by atoms with Crippen molar-refractivity contribution in [3.63, 3.8) is 0 Å². The van der Waals surface area contributed by atoms with Gasteiger partial charge in [-0.15, -0.1) is 0 Å². The van der Waals surface area contributed by atoms with Crippen LogP contribution in [0.3, 0.4) is 0 Å². The molecule has 0 saturated carbocycles. The fourth-order valence-electron chi connectivity index (χ4n) is 8.44. The molecule has 85 heavy (non-hydrogen) atoms. The molecule has 0 bridgehead atoms. The van der Waals surface area contributed by atoms with Gasteiger partial charge in [-0.2, -0.15) is 0 Å². The number of hydrogen-bond donors (Lipinski definition) is 0. The summed E-state index contributed by atoms with van der Waals surface area (Å²) in [6.07, 6.45) is 94.2. The summed E-state index contributed by atoms with van der Waals surface area (Å²) in [5.74, 6) is -2.36. The minimum atomic E-state index is -1.65. The molecule has 0 aromatic carbocycles. The fraction of sp³-hybridized carbons (Fsp3) is 0.592. The van der Waals surface area contributed by atoms with Gasteiger partial charge in [0, 0.05) is 12.8 Å². The number of carbonyl (C=O) groups is 3. The van der Waals surface area contributed by atoms with Crippen molar-refractivity contribution in [1.82, 2.24) is 0 Å². The van der Waals surface area contributed by atoms with Crippen LogP contribution in [0.25, 0.3) is 0 Å². The Bertz CT molecular complexity index is 2000. The Hall–Kier alpha value is -5.35. The Morgan fingerprint density at radius 1 is 0.353 bits per heavy atom. The van der Waals surface area contributed by atoms with E-state index in [1.807, 2.05) is 21.1 Å². The van der Waals surface area contributed by atoms with Crippen molar-refractivity contribution in [2.75, 3.05) is 47.5 Å². The Kier molecular flexibility index (Phi) is 60.6. The Morgan fingerprint density at radius 2 is 0.635 bits per heavy atom. The molecule has 0 N–H and O–H groups in total. The van der Waals surface area contributed by atoms with E-state index in [1.54, 1.807) is 0 Å². The quantitative estimate of drug-likeness (QED) is 0.0195. The maximum absolute atomic E-state index is 12.9. The van der Waals surface area contributed by atoms with E-state index in [2.05, 4.69) is 184 Å². The summed E-state index contributed by atoms with van der Waals surface area (Å²) < 4.78 is 22.7. The lowest BCUT2D eigenvalue weighted by Gasteiger charge is -2.26. The monoisotopic (exact) mass is 1180 g/mol. The highest BCUT2D eigenvalue weighted by molar-refractivity contribution is 5.70. The van der Waals surface area contributed by atoms with Crippen molar-refractivity contribution >= 4 is 17.9 Å². The zero-order chi connectivity index (χ0) is 61.9. The molecule has 0 aromatic rings. The third-order valence-electron chi connectivity index (χ3n) is 13.5. The molecule has 0 aromatic heterocycles. The maximum atomic E-state index is 12.9. The molecule has 2 atom stereocenters. The number of nitrogens with zero attached hydrogens (tertiary/aromatic N) is 1. The highest BCUT2D eigenvalue weighted by Gasteiger charge is 2.22. The van der Waals surface area contributed by atoms with Crippen LogP contribution in [0.1, 0.15) is 232 Å². The predicted molar refractivity (Wildman–Crippen MR) is 361 cm³/mol. The van der Waals surface area contributed by atoms with Crippen LogP contribution >= 0.6 is 0 Å². The van der Waals surface area contributed by atoms with Crippen LogP contribution in [0.2, 0.25) is 0 Å². The number of rotatable bonds is 59. The van der Waals surface area contributed by atoms with Crippen LogP contribution < -0.4 is 5.11 Å². The van der Waals surface area contributed by atoms with Gasteiger partial charge in [0.05, 0.1) is 40.3 Å². The zero-order valence-electron chi connectivity index (χ0n) is 54.4. The lowest BCUT2D eigenvalue weighted by molar-refractivity contribution is -0.870. The van der Waals surface area contributed by atoms with Gasteiger partial charge in [0.15, 0.2) is 12.4 Å². The van der Waals surface area contributed by atoms with Gasteiger partial charge in [-0.05, 0) is 128 Å². The standard InChI is InChI=1S/C76H121NO8/c1-6-8-10-12-14-16-18-20-22-24-26-28-30-32-34-35-36-37-38-39-41-43-45-47-49-51-53-55-57-59-61-63-65-67-74(79)85-72(71-84-76(75(80)81)82-69-68-77(3,4)5)70-83-73(78)66-64-62-60-58-56-54-52-50-48-46-44-42-40-33-31-29-27-25-23-21-19-17-15-13-11-9-7-2/h8-11,14-17,20-23,26-29,32,34,36-37,39,41,45,47,51,53,57,59,72,76H,6-7,12-13,18-19,24-25,30-31,33,35,38,40,42-44,46,48-50,52,54-56,58,60-71H2,1-5H3/b10-8-,11-9-,16-14-,17-15-,22-20-,23-21-,28-26-,29-27-,34-32-,37-36-,41-39-,47-45-,53-51-,59-57-. The van der Waals surface area contributed by atoms with Gasteiger partial charge in [0.25, 0.3) is 0 Å². The minimum Gasteiger partial charge on any atom is -0.545 e. The second-order valence-electron chi connectivity index (χ2n) is 22.6. The molecule has 9 nitrogen and oxygen atoms in total. The van der Waals surface area contributed by atoms with Crippen LogP contribution in [0.4, 0.5) is 0 Å². The molecule has 0 radical (unpaired) electrons. The number of carbonyl (C=O) groups excluding carboxylic acids is 3. The highest BCUT2D eigenvalue weighted by atomic mass is 16.7. The van der Waals surface area contributed by atoms with Gasteiger partial charge in [-0.1, -0.05) is 261 Å². The fourth-order valence-corrected chi connectivity index (χ4v) is 8.44. The number of carboxylic acids is 1. The SMILES string of the molecule is CC/C=C\C/C=C\C/C=C\C/C=C\C/C=C\C/C=C\C/C=C\C/C=C\C/C=C\C/C=C\CCCCC(=O)OC(COC(=O)CCCCCCCCCCCCCCCC/C=C\C/C=C\C/C=C\C/C=C\CC)COC(OCC[N+](C)(C)C)C(=O)[O-]. The van der Waals surface area contributed by atoms with E-state index in [0.717, 1.165) is 122 Å². The minimum absolute atomic E-state index is 0.130. The van der Waals surface area contributed by atoms with E-state index in [9.17, 15) is 19.5 Å². The molecule has 478 valence electrons. The summed E-state index contributed by atoms with van der Waals surface area (Å²) in [5.41, 5.74) is 0. The van der Waals surface area contributed by atoms with Crippen molar-refractivity contribution < 1.29 is 42.9 Å². The molecule has 2 unspecified atom stereocenters. The number of quaternary nitrogens is 1. The van der Waals surface area contributed by atoms with Crippen molar-refractivity contribution in [2.24, 2.45) is 0 Å². The van der Waals surface area contributed by atoms with Crippen molar-refractivity contribution in [2.45, 2.75) is 245 Å². The van der Waals surface area contributed by atoms with Crippen LogP contribution in [0.15, 0.2) is 170 Å². The molecule has 0 saturated heterocycles. The second kappa shape index (κ2) is 64.6. The summed E-state index contributed by atoms with van der Waals surface area (Å²) in [4.78, 5) is 37.4. The van der Waals surface area contributed by atoms with Crippen molar-refractivity contribution in [3.8, 4) is 0 Å². The topological polar surface area (TPSA) is 111 Å². The number of allylic oxidation sites excluding steroid dienone is 28. The number of likely N-dealkylation sites (N-methyl/N-ethyl adjacent to an activating group) is 1. The number of ether oxygens (including phenoxy) is 4. The Balaban J connectivity index is 4.30. The number of aliphatic carboxylic acids is 1. The van der Waals surface area contributed by atoms with Crippen LogP contribution in [0, 0.1) is 0 Å². The summed E-state index contributed by atoms with van der Waals surface area (Å²) in [5, 5.41) is 11.8. The van der Waals surface area contributed by atoms with E-state index >= 15 is 0 Å². The highest BCUT2D eigenvalue weighted by Crippen LogP contribution is 2.15. The summed E-state index contributed by atoms with van der Waals surface area (Å²) in [6.45, 7) is 4.45. The average Bonchev–Trinajstić information content (AvgIpc) is 3.49. The average molecular weight is 1180 g/mol. The lowest BCUT2D eigenvalue weighted by Crippen LogP contribution is -2.44. The molecule has 0 amide bonds. The largest absolute Gasteiger partial charge is 0.545 e. The van der Waals surface area contributed by atoms with Crippen molar-refractivity contribution in [1.29, 1.82) is 0 Å². The van der Waals surface area contributed by atoms with Crippen LogP contribution in [-0.2, 0) is 33.3 Å². The third kappa shape index (κ3) is 66.0. The van der Waals surface area contributed by atoms with E-state index in [4.69, 9.17) is 18.9 Å². The molecule has 9 heteroatoms. The first-order chi connectivity index (χ1) is 41.6. The summed E-state index contributed by atoms with van der Waals surface area (Å²) in [6, 6.07) is 0. The van der Waals surface area contributed by atoms with Crippen molar-refractivity contribution in [3.05, 3.63) is 170 Å². The molecule has 0 spiro atoms. The molecule has 0 aliphatic heterocycles. The van der Waals surface area contributed by atoms with E-state index in [0.29, 0.717) is 17.4 Å². The van der Waals surface area contributed by atoms with E-state index in [-0.39, 0.29) is 38.6 Å². The maximum Gasteiger partial charge on any atom is 0.306 e. The zero-order valence-corrected chi connectivity index (χ0v) is 54.4. The first-order valence-corrected chi connectivity index (χ1v) is 33.3. The smallest absolute Gasteiger partial charge is 0.306 e. The first kappa shape index (κ1) is 79.7. The van der Waals surface area contributed by atoms with Gasteiger partial charge in [0.2, 0.25) is 0 Å². The van der Waals surface area contributed by atoms with Crippen LogP contribution in [-0.4, -0.2) is 82.3 Å². The predicted octanol–water partition coefficient (Wildman–Crippen LogP) is 19.3. The lowest BCUT2D eigenvalue weighted by atomic mass is 10.0. The number of unbranched alkanes of at least 4 members (excludes halogenated alkanes) is 16. The van der Waals surface area contributed by atoms with Gasteiger partial charge >= 0.3 is 11.9 Å². The van der Waals surface area contributed by atoms with E-state index in [1.165, 1.54) is 77.0 Å². The van der Waals surface area contributed by atoms with Gasteiger partial charge < -0.3 is 33.3 Å². The Morgan fingerprint density at radius 3 is 0.965 bits per heavy atom. The molecular weight excluding hydrogens is 1050 g/mol. The molecule has 0 rings (SSSR count). The summed E-state index contributed by atoms with van der Waals surface area (Å²) in [7, 11) is 5.90. The molecule has 0 aliphatic rings. The third-order valence-corrected chi connectivity index (χ3v) is 13.5. The van der Waals surface area contributed by atoms with Gasteiger partial charge in [-0.3, -0.25) is 9.59 Å². The summed E-state index contributed by atoms with van der Waals surface area (Å²) >= 11 is 0. The Labute approximate surface area is 520 Å². The van der Waals surface area contributed by atoms with Gasteiger partial charge in [0.1, 0.15) is 13.2 Å². The molecule has 0 fully saturated rings. The second-order valence-corrected chi connectivity index (χ2v) is 22.6. The molecular formula is C76H121NO8. The number of esters is 2. The first-order valence-electron chi connectivity index (χ1n) is 33.3. The number of carboxylic acid groups (broad SMARTS) is 1. The van der Waals surface area contributed by atoms with Crippen LogP contribution in [0.5, 0.6) is 0 Å². The van der Waals surface area contributed by atoms with E-state index < -0.39 is 24.3 Å².